The zero-order valence-corrected chi connectivity index (χ0v) is 9.29. The molecular weight excluding hydrogens is 208 g/mol. The fraction of sp³-hybridized carbons (Fsp3) is 0.636. The maximum Gasteiger partial charge on any atom is 0.253 e. The molecule has 2 atom stereocenters. The van der Waals surface area contributed by atoms with E-state index in [0.29, 0.717) is 0 Å². The van der Waals surface area contributed by atoms with Gasteiger partial charge in [-0.15, -0.1) is 0 Å². The third-order valence-corrected chi connectivity index (χ3v) is 3.13. The molecule has 0 saturated carbocycles. The van der Waals surface area contributed by atoms with Crippen molar-refractivity contribution in [3.63, 3.8) is 0 Å². The molecule has 1 aliphatic heterocycles. The highest BCUT2D eigenvalue weighted by atomic mass is 16.5. The predicted molar refractivity (Wildman–Crippen MR) is 62.4 cm³/mol. The van der Waals surface area contributed by atoms with E-state index in [1.807, 2.05) is 6.92 Å². The highest BCUT2D eigenvalue weighted by molar-refractivity contribution is 5.71. The maximum absolute atomic E-state index is 11.2. The van der Waals surface area contributed by atoms with Crippen molar-refractivity contribution in [3.05, 3.63) is 20.4 Å². The summed E-state index contributed by atoms with van der Waals surface area (Å²) < 4.78 is 5.55. The Bertz CT molecular complexity index is 442. The lowest BCUT2D eigenvalue weighted by atomic mass is 10.0. The maximum atomic E-state index is 11.2. The van der Waals surface area contributed by atoms with E-state index in [-0.39, 0.29) is 23.5 Å². The predicted octanol–water partition coefficient (Wildman–Crippen LogP) is 0.234. The minimum absolute atomic E-state index is 0.0569. The Kier molecular flexibility index (Phi) is 2.96. The molecule has 3 N–H and O–H groups in total. The Balaban J connectivity index is 2.07. The Labute approximate surface area is 93.3 Å². The van der Waals surface area contributed by atoms with Crippen LogP contribution in [-0.2, 0) is 4.74 Å². The standard InChI is InChI=1S/C11H16N2O3/c1-2-6(7-4-3-5-16-7)13-9-8(12)10(14)11(9)15/h6-7,13H,2-5,12H2,1H3/t6-,7+/m1/s1. The van der Waals surface area contributed by atoms with Gasteiger partial charge in [-0.1, -0.05) is 6.92 Å². The second-order valence-electron chi connectivity index (χ2n) is 4.16. The van der Waals surface area contributed by atoms with Crippen LogP contribution in [0, 0.1) is 0 Å². The zero-order chi connectivity index (χ0) is 11.7. The number of nitrogen functional groups attached to an aromatic ring is 1. The number of anilines is 2. The first kappa shape index (κ1) is 11.1. The molecule has 1 heterocycles. The molecule has 5 heteroatoms. The molecule has 0 bridgehead atoms. The molecule has 1 fully saturated rings. The molecule has 0 radical (unpaired) electrons. The Morgan fingerprint density at radius 2 is 2.25 bits per heavy atom. The van der Waals surface area contributed by atoms with Crippen LogP contribution < -0.4 is 21.9 Å². The second-order valence-corrected chi connectivity index (χ2v) is 4.16. The van der Waals surface area contributed by atoms with E-state index in [9.17, 15) is 9.59 Å². The lowest BCUT2D eigenvalue weighted by molar-refractivity contribution is 0.0943. The summed E-state index contributed by atoms with van der Waals surface area (Å²) >= 11 is 0. The van der Waals surface area contributed by atoms with Crippen LogP contribution in [0.1, 0.15) is 26.2 Å². The number of hydrogen-bond donors (Lipinski definition) is 2. The average Bonchev–Trinajstić information content (AvgIpc) is 2.82. The van der Waals surface area contributed by atoms with Gasteiger partial charge >= 0.3 is 0 Å². The Hall–Kier alpha value is -1.36. The smallest absolute Gasteiger partial charge is 0.253 e. The van der Waals surface area contributed by atoms with Crippen LogP contribution in [0.2, 0.25) is 0 Å². The van der Waals surface area contributed by atoms with E-state index in [0.717, 1.165) is 25.9 Å². The molecule has 2 rings (SSSR count). The van der Waals surface area contributed by atoms with E-state index in [4.69, 9.17) is 10.5 Å². The molecule has 5 nitrogen and oxygen atoms in total. The normalized spacial score (nSPS) is 22.4. The second kappa shape index (κ2) is 4.25. The van der Waals surface area contributed by atoms with E-state index < -0.39 is 10.9 Å². The first-order valence-corrected chi connectivity index (χ1v) is 5.62. The molecule has 0 aliphatic carbocycles. The van der Waals surface area contributed by atoms with Crippen molar-refractivity contribution in [2.24, 2.45) is 0 Å². The van der Waals surface area contributed by atoms with Crippen LogP contribution in [0.3, 0.4) is 0 Å². The van der Waals surface area contributed by atoms with E-state index >= 15 is 0 Å². The summed E-state index contributed by atoms with van der Waals surface area (Å²) in [5.74, 6) is 0. The summed E-state index contributed by atoms with van der Waals surface area (Å²) in [5, 5.41) is 3.03. The van der Waals surface area contributed by atoms with Gasteiger partial charge in [0.1, 0.15) is 11.4 Å². The van der Waals surface area contributed by atoms with Crippen LogP contribution in [0.5, 0.6) is 0 Å². The van der Waals surface area contributed by atoms with Crippen molar-refractivity contribution < 1.29 is 4.74 Å². The van der Waals surface area contributed by atoms with Crippen molar-refractivity contribution in [3.8, 4) is 0 Å². The molecule has 1 aliphatic rings. The number of nitrogens with two attached hydrogens (primary N) is 1. The fourth-order valence-corrected chi connectivity index (χ4v) is 2.12. The van der Waals surface area contributed by atoms with Crippen LogP contribution in [0.15, 0.2) is 9.59 Å². The fourth-order valence-electron chi connectivity index (χ4n) is 2.12. The van der Waals surface area contributed by atoms with Crippen LogP contribution >= 0.6 is 0 Å². The molecule has 1 aromatic carbocycles. The summed E-state index contributed by atoms with van der Waals surface area (Å²) in [6.07, 6.45) is 2.99. The van der Waals surface area contributed by atoms with Crippen molar-refractivity contribution in [1.82, 2.24) is 0 Å². The third-order valence-electron chi connectivity index (χ3n) is 3.13. The molecule has 1 aromatic rings. The van der Waals surface area contributed by atoms with Gasteiger partial charge in [-0.25, -0.2) is 0 Å². The summed E-state index contributed by atoms with van der Waals surface area (Å²) in [7, 11) is 0. The van der Waals surface area contributed by atoms with E-state index in [1.165, 1.54) is 0 Å². The Morgan fingerprint density at radius 3 is 2.75 bits per heavy atom. The minimum atomic E-state index is -0.579. The topological polar surface area (TPSA) is 81.4 Å². The van der Waals surface area contributed by atoms with Gasteiger partial charge in [0.2, 0.25) is 0 Å². The van der Waals surface area contributed by atoms with E-state index in [2.05, 4.69) is 5.32 Å². The van der Waals surface area contributed by atoms with Gasteiger partial charge in [0.05, 0.1) is 12.1 Å². The van der Waals surface area contributed by atoms with Gasteiger partial charge in [0, 0.05) is 6.61 Å². The number of nitrogens with one attached hydrogen (secondary N) is 1. The Morgan fingerprint density at radius 1 is 1.50 bits per heavy atom. The molecule has 1 saturated heterocycles. The molecule has 16 heavy (non-hydrogen) atoms. The largest absolute Gasteiger partial charge is 0.394 e. The summed E-state index contributed by atoms with van der Waals surface area (Å²) in [6, 6.07) is 0.0631. The van der Waals surface area contributed by atoms with Crippen LogP contribution in [-0.4, -0.2) is 18.8 Å². The van der Waals surface area contributed by atoms with Gasteiger partial charge in [-0.2, -0.15) is 0 Å². The molecular formula is C11H16N2O3. The zero-order valence-electron chi connectivity index (χ0n) is 9.29. The van der Waals surface area contributed by atoms with Crippen molar-refractivity contribution in [2.45, 2.75) is 38.3 Å². The lowest BCUT2D eigenvalue weighted by Gasteiger charge is -2.24. The van der Waals surface area contributed by atoms with Crippen molar-refractivity contribution >= 4 is 11.4 Å². The molecule has 0 aromatic heterocycles. The lowest BCUT2D eigenvalue weighted by Crippen LogP contribution is -2.42. The number of ether oxygens (including phenoxy) is 1. The molecule has 0 amide bonds. The number of rotatable bonds is 4. The van der Waals surface area contributed by atoms with Crippen molar-refractivity contribution in [2.75, 3.05) is 17.7 Å². The van der Waals surface area contributed by atoms with E-state index in [1.54, 1.807) is 0 Å². The van der Waals surface area contributed by atoms with Gasteiger partial charge in [0.15, 0.2) is 0 Å². The highest BCUT2D eigenvalue weighted by Crippen LogP contribution is 2.21. The van der Waals surface area contributed by atoms with Gasteiger partial charge in [-0.05, 0) is 19.3 Å². The third kappa shape index (κ3) is 1.71. The molecule has 88 valence electrons. The van der Waals surface area contributed by atoms with Crippen LogP contribution in [0.25, 0.3) is 0 Å². The highest BCUT2D eigenvalue weighted by Gasteiger charge is 2.27. The molecule has 0 spiro atoms. The quantitative estimate of drug-likeness (QED) is 0.716. The first-order valence-electron chi connectivity index (χ1n) is 5.62. The SMILES string of the molecule is CC[C@@H](Nc1c(N)c(=O)c1=O)[C@@H]1CCCO1. The van der Waals surface area contributed by atoms with Crippen molar-refractivity contribution in [1.29, 1.82) is 0 Å². The van der Waals surface area contributed by atoms with Gasteiger partial charge in [0.25, 0.3) is 10.9 Å². The minimum Gasteiger partial charge on any atom is -0.394 e. The van der Waals surface area contributed by atoms with Gasteiger partial charge < -0.3 is 15.8 Å². The summed E-state index contributed by atoms with van der Waals surface area (Å²) in [4.78, 5) is 22.2. The summed E-state index contributed by atoms with van der Waals surface area (Å²) in [6.45, 7) is 2.78. The summed E-state index contributed by atoms with van der Waals surface area (Å²) in [5.41, 5.74) is 4.71. The number of hydrogen-bond acceptors (Lipinski definition) is 5. The molecule has 0 unspecified atom stereocenters. The van der Waals surface area contributed by atoms with Gasteiger partial charge in [-0.3, -0.25) is 9.59 Å². The average molecular weight is 224 g/mol. The first-order chi connectivity index (χ1) is 7.65. The van der Waals surface area contributed by atoms with Crippen LogP contribution in [0.4, 0.5) is 11.4 Å². The monoisotopic (exact) mass is 224 g/mol.